The van der Waals surface area contributed by atoms with Crippen molar-refractivity contribution >= 4 is 0 Å². The van der Waals surface area contributed by atoms with Crippen molar-refractivity contribution in [1.29, 1.82) is 0 Å². The average Bonchev–Trinajstić information content (AvgIpc) is 2.41. The highest BCUT2D eigenvalue weighted by Gasteiger charge is 2.30. The zero-order chi connectivity index (χ0) is 10.6. The SMILES string of the molecule is COCCN1C[C@H](O)C[C@@H]1CC(C)C. The number of rotatable bonds is 5. The largest absolute Gasteiger partial charge is 0.392 e. The van der Waals surface area contributed by atoms with Gasteiger partial charge in [-0.2, -0.15) is 0 Å². The van der Waals surface area contributed by atoms with E-state index in [1.807, 2.05) is 0 Å². The summed E-state index contributed by atoms with van der Waals surface area (Å²) >= 11 is 0. The minimum absolute atomic E-state index is 0.129. The number of methoxy groups -OCH3 is 1. The van der Waals surface area contributed by atoms with E-state index >= 15 is 0 Å². The summed E-state index contributed by atoms with van der Waals surface area (Å²) in [6, 6.07) is 0.556. The first-order valence-electron chi connectivity index (χ1n) is 5.54. The van der Waals surface area contributed by atoms with Crippen LogP contribution in [0.4, 0.5) is 0 Å². The Bertz CT molecular complexity index is 161. The van der Waals surface area contributed by atoms with Crippen molar-refractivity contribution in [3.05, 3.63) is 0 Å². The molecule has 1 heterocycles. The average molecular weight is 201 g/mol. The van der Waals surface area contributed by atoms with Gasteiger partial charge in [0.1, 0.15) is 0 Å². The molecule has 1 N–H and O–H groups in total. The van der Waals surface area contributed by atoms with Gasteiger partial charge in [0.15, 0.2) is 0 Å². The normalized spacial score (nSPS) is 28.9. The molecule has 0 spiro atoms. The van der Waals surface area contributed by atoms with Gasteiger partial charge in [0.05, 0.1) is 12.7 Å². The van der Waals surface area contributed by atoms with Gasteiger partial charge in [0, 0.05) is 26.2 Å². The summed E-state index contributed by atoms with van der Waals surface area (Å²) in [5, 5.41) is 9.60. The molecule has 84 valence electrons. The molecule has 1 rings (SSSR count). The Kier molecular flexibility index (Phi) is 4.85. The maximum atomic E-state index is 9.60. The Morgan fingerprint density at radius 3 is 2.79 bits per heavy atom. The van der Waals surface area contributed by atoms with E-state index in [9.17, 15) is 5.11 Å². The van der Waals surface area contributed by atoms with Gasteiger partial charge in [0.2, 0.25) is 0 Å². The lowest BCUT2D eigenvalue weighted by molar-refractivity contribution is 0.125. The molecule has 0 unspecified atom stereocenters. The van der Waals surface area contributed by atoms with E-state index in [1.165, 1.54) is 6.42 Å². The number of hydrogen-bond donors (Lipinski definition) is 1. The van der Waals surface area contributed by atoms with Crippen molar-refractivity contribution in [2.24, 2.45) is 5.92 Å². The van der Waals surface area contributed by atoms with E-state index < -0.39 is 0 Å². The molecule has 0 saturated carbocycles. The van der Waals surface area contributed by atoms with Crippen LogP contribution in [0.15, 0.2) is 0 Å². The van der Waals surface area contributed by atoms with Crippen LogP contribution >= 0.6 is 0 Å². The summed E-state index contributed by atoms with van der Waals surface area (Å²) in [6.45, 7) is 7.01. The second kappa shape index (κ2) is 5.69. The van der Waals surface area contributed by atoms with Gasteiger partial charge in [-0.1, -0.05) is 13.8 Å². The van der Waals surface area contributed by atoms with Crippen molar-refractivity contribution in [3.63, 3.8) is 0 Å². The van der Waals surface area contributed by atoms with Crippen LogP contribution in [0.2, 0.25) is 0 Å². The third-order valence-electron chi connectivity index (χ3n) is 2.83. The third kappa shape index (κ3) is 3.56. The number of β-amino-alcohol motifs (C(OH)–C–C–N with tert-alkyl or cyclic N) is 1. The zero-order valence-electron chi connectivity index (χ0n) is 9.57. The Morgan fingerprint density at radius 1 is 1.50 bits per heavy atom. The van der Waals surface area contributed by atoms with Crippen LogP contribution in [0.25, 0.3) is 0 Å². The molecule has 0 amide bonds. The second-order valence-electron chi connectivity index (χ2n) is 4.66. The first kappa shape index (κ1) is 12.0. The fraction of sp³-hybridized carbons (Fsp3) is 1.00. The summed E-state index contributed by atoms with van der Waals surface area (Å²) in [4.78, 5) is 2.36. The highest BCUT2D eigenvalue weighted by Crippen LogP contribution is 2.23. The molecular weight excluding hydrogens is 178 g/mol. The number of nitrogens with zero attached hydrogens (tertiary/aromatic N) is 1. The second-order valence-corrected chi connectivity index (χ2v) is 4.66. The van der Waals surface area contributed by atoms with E-state index in [2.05, 4.69) is 18.7 Å². The van der Waals surface area contributed by atoms with Crippen LogP contribution in [0.5, 0.6) is 0 Å². The number of aliphatic hydroxyl groups is 1. The third-order valence-corrected chi connectivity index (χ3v) is 2.83. The fourth-order valence-corrected chi connectivity index (χ4v) is 2.23. The predicted molar refractivity (Wildman–Crippen MR) is 57.3 cm³/mol. The lowest BCUT2D eigenvalue weighted by atomic mass is 10.0. The Balaban J connectivity index is 2.37. The molecular formula is C11H23NO2. The molecule has 0 aromatic heterocycles. The van der Waals surface area contributed by atoms with Crippen molar-refractivity contribution in [3.8, 4) is 0 Å². The summed E-state index contributed by atoms with van der Waals surface area (Å²) in [6.07, 6.45) is 1.98. The molecule has 14 heavy (non-hydrogen) atoms. The number of hydrogen-bond acceptors (Lipinski definition) is 3. The van der Waals surface area contributed by atoms with Crippen LogP contribution in [-0.4, -0.2) is 49.0 Å². The first-order valence-corrected chi connectivity index (χ1v) is 5.54. The molecule has 3 nitrogen and oxygen atoms in total. The minimum atomic E-state index is -0.129. The molecule has 0 aromatic carbocycles. The van der Waals surface area contributed by atoms with Gasteiger partial charge in [-0.25, -0.2) is 0 Å². The van der Waals surface area contributed by atoms with E-state index in [1.54, 1.807) is 7.11 Å². The monoisotopic (exact) mass is 201 g/mol. The van der Waals surface area contributed by atoms with E-state index in [0.717, 1.165) is 26.1 Å². The Hall–Kier alpha value is -0.120. The van der Waals surface area contributed by atoms with Gasteiger partial charge >= 0.3 is 0 Å². The molecule has 1 saturated heterocycles. The smallest absolute Gasteiger partial charge is 0.0682 e. The molecule has 2 atom stereocenters. The highest BCUT2D eigenvalue weighted by molar-refractivity contribution is 4.85. The summed E-state index contributed by atoms with van der Waals surface area (Å²) < 4.78 is 5.07. The van der Waals surface area contributed by atoms with Crippen molar-refractivity contribution in [1.82, 2.24) is 4.90 Å². The van der Waals surface area contributed by atoms with E-state index in [0.29, 0.717) is 12.0 Å². The topological polar surface area (TPSA) is 32.7 Å². The maximum Gasteiger partial charge on any atom is 0.0682 e. The van der Waals surface area contributed by atoms with Gasteiger partial charge in [0.25, 0.3) is 0 Å². The van der Waals surface area contributed by atoms with Crippen molar-refractivity contribution in [2.45, 2.75) is 38.8 Å². The zero-order valence-corrected chi connectivity index (χ0v) is 9.57. The van der Waals surface area contributed by atoms with E-state index in [4.69, 9.17) is 4.74 Å². The minimum Gasteiger partial charge on any atom is -0.392 e. The van der Waals surface area contributed by atoms with Crippen LogP contribution in [-0.2, 0) is 4.74 Å². The maximum absolute atomic E-state index is 9.60. The summed E-state index contributed by atoms with van der Waals surface area (Å²) in [5.41, 5.74) is 0. The van der Waals surface area contributed by atoms with Crippen LogP contribution in [0, 0.1) is 5.92 Å². The molecule has 3 heteroatoms. The fourth-order valence-electron chi connectivity index (χ4n) is 2.23. The quantitative estimate of drug-likeness (QED) is 0.723. The van der Waals surface area contributed by atoms with Gasteiger partial charge in [-0.05, 0) is 18.8 Å². The lowest BCUT2D eigenvalue weighted by Gasteiger charge is -2.24. The first-order chi connectivity index (χ1) is 6.63. The molecule has 0 radical (unpaired) electrons. The molecule has 1 aliphatic heterocycles. The molecule has 0 aliphatic carbocycles. The Labute approximate surface area is 87.1 Å². The van der Waals surface area contributed by atoms with Gasteiger partial charge in [-0.15, -0.1) is 0 Å². The highest BCUT2D eigenvalue weighted by atomic mass is 16.5. The van der Waals surface area contributed by atoms with Crippen molar-refractivity contribution in [2.75, 3.05) is 26.8 Å². The van der Waals surface area contributed by atoms with Crippen LogP contribution in [0.3, 0.4) is 0 Å². The number of ether oxygens (including phenoxy) is 1. The molecule has 0 bridgehead atoms. The lowest BCUT2D eigenvalue weighted by Crippen LogP contribution is -2.33. The number of aliphatic hydroxyl groups excluding tert-OH is 1. The van der Waals surface area contributed by atoms with E-state index in [-0.39, 0.29) is 6.10 Å². The summed E-state index contributed by atoms with van der Waals surface area (Å²) in [7, 11) is 1.73. The summed E-state index contributed by atoms with van der Waals surface area (Å²) in [5.74, 6) is 0.704. The standard InChI is InChI=1S/C11H23NO2/c1-9(2)6-10-7-11(13)8-12(10)4-5-14-3/h9-11,13H,4-8H2,1-3H3/t10-,11+/m0/s1. The van der Waals surface area contributed by atoms with Crippen LogP contribution < -0.4 is 0 Å². The predicted octanol–water partition coefficient (Wildman–Crippen LogP) is 1.11. The van der Waals surface area contributed by atoms with Gasteiger partial charge < -0.3 is 9.84 Å². The Morgan fingerprint density at radius 2 is 2.21 bits per heavy atom. The van der Waals surface area contributed by atoms with Crippen LogP contribution in [0.1, 0.15) is 26.7 Å². The molecule has 1 aliphatic rings. The van der Waals surface area contributed by atoms with Gasteiger partial charge in [-0.3, -0.25) is 4.90 Å². The molecule has 0 aromatic rings. The molecule has 1 fully saturated rings. The van der Waals surface area contributed by atoms with Crippen molar-refractivity contribution < 1.29 is 9.84 Å². The number of likely N-dealkylation sites (tertiary alicyclic amines) is 1.